The van der Waals surface area contributed by atoms with Gasteiger partial charge in [0.1, 0.15) is 0 Å². The van der Waals surface area contributed by atoms with Gasteiger partial charge in [-0.1, -0.05) is 30.3 Å². The Bertz CT molecular complexity index is 700. The van der Waals surface area contributed by atoms with Crippen LogP contribution in [0.2, 0.25) is 0 Å². The zero-order valence-electron chi connectivity index (χ0n) is 16.1. The molecule has 1 aromatic heterocycles. The number of nitrogens with two attached hydrogens (primary N) is 1. The molecule has 0 aliphatic carbocycles. The van der Waals surface area contributed by atoms with E-state index in [-0.39, 0.29) is 0 Å². The SMILES string of the molecule is Cc1cccnc1C(C)N(CCCCN)C[C@H]1Cc2ccccc2CN1. The van der Waals surface area contributed by atoms with Crippen molar-refractivity contribution in [2.45, 2.75) is 51.7 Å². The molecule has 0 saturated heterocycles. The number of unbranched alkanes of at least 4 members (excludes halogenated alkanes) is 1. The van der Waals surface area contributed by atoms with E-state index in [0.29, 0.717) is 12.1 Å². The maximum atomic E-state index is 5.72. The predicted octanol–water partition coefficient (Wildman–Crippen LogP) is 3.21. The van der Waals surface area contributed by atoms with Gasteiger partial charge in [-0.05, 0) is 69.0 Å². The molecule has 4 nitrogen and oxygen atoms in total. The fourth-order valence-electron chi connectivity index (χ4n) is 3.94. The second-order valence-electron chi connectivity index (χ2n) is 7.42. The van der Waals surface area contributed by atoms with Gasteiger partial charge in [-0.15, -0.1) is 0 Å². The Hall–Kier alpha value is -1.75. The summed E-state index contributed by atoms with van der Waals surface area (Å²) in [6.45, 7) is 8.28. The van der Waals surface area contributed by atoms with Crippen molar-refractivity contribution >= 4 is 0 Å². The van der Waals surface area contributed by atoms with Crippen molar-refractivity contribution in [2.75, 3.05) is 19.6 Å². The Labute approximate surface area is 157 Å². The predicted molar refractivity (Wildman–Crippen MR) is 108 cm³/mol. The van der Waals surface area contributed by atoms with Crippen molar-refractivity contribution in [3.8, 4) is 0 Å². The number of benzene rings is 1. The van der Waals surface area contributed by atoms with Gasteiger partial charge >= 0.3 is 0 Å². The topological polar surface area (TPSA) is 54.2 Å². The van der Waals surface area contributed by atoms with Crippen LogP contribution in [-0.4, -0.2) is 35.6 Å². The molecule has 3 rings (SSSR count). The lowest BCUT2D eigenvalue weighted by Crippen LogP contribution is -2.46. The van der Waals surface area contributed by atoms with E-state index < -0.39 is 0 Å². The molecular formula is C22H32N4. The maximum Gasteiger partial charge on any atom is 0.0601 e. The fourth-order valence-corrected chi connectivity index (χ4v) is 3.94. The van der Waals surface area contributed by atoms with Crippen molar-refractivity contribution in [1.29, 1.82) is 0 Å². The zero-order valence-corrected chi connectivity index (χ0v) is 16.1. The second-order valence-corrected chi connectivity index (χ2v) is 7.42. The number of pyridine rings is 1. The van der Waals surface area contributed by atoms with Gasteiger partial charge in [-0.2, -0.15) is 0 Å². The molecule has 0 bridgehead atoms. The van der Waals surface area contributed by atoms with Gasteiger partial charge in [-0.3, -0.25) is 9.88 Å². The highest BCUT2D eigenvalue weighted by molar-refractivity contribution is 5.30. The molecule has 26 heavy (non-hydrogen) atoms. The first-order valence-electron chi connectivity index (χ1n) is 9.85. The fraction of sp³-hybridized carbons (Fsp3) is 0.500. The largest absolute Gasteiger partial charge is 0.330 e. The molecule has 0 fully saturated rings. The summed E-state index contributed by atoms with van der Waals surface area (Å²) in [6, 6.07) is 13.8. The highest BCUT2D eigenvalue weighted by Crippen LogP contribution is 2.24. The zero-order chi connectivity index (χ0) is 18.4. The minimum Gasteiger partial charge on any atom is -0.330 e. The summed E-state index contributed by atoms with van der Waals surface area (Å²) in [4.78, 5) is 7.25. The van der Waals surface area contributed by atoms with Crippen molar-refractivity contribution < 1.29 is 0 Å². The Morgan fingerprint density at radius 2 is 2.00 bits per heavy atom. The quantitative estimate of drug-likeness (QED) is 0.716. The highest BCUT2D eigenvalue weighted by atomic mass is 15.2. The summed E-state index contributed by atoms with van der Waals surface area (Å²) in [5, 5.41) is 3.73. The second kappa shape index (κ2) is 9.26. The first kappa shape index (κ1) is 19.0. The number of fused-ring (bicyclic) bond motifs is 1. The minimum absolute atomic E-state index is 0.313. The van der Waals surface area contributed by atoms with Crippen LogP contribution in [-0.2, 0) is 13.0 Å². The Kier molecular flexibility index (Phi) is 6.78. The molecular weight excluding hydrogens is 320 g/mol. The lowest BCUT2D eigenvalue weighted by molar-refractivity contribution is 0.177. The van der Waals surface area contributed by atoms with Crippen LogP contribution in [0.25, 0.3) is 0 Å². The van der Waals surface area contributed by atoms with Crippen LogP contribution in [0.3, 0.4) is 0 Å². The van der Waals surface area contributed by atoms with Gasteiger partial charge in [0.2, 0.25) is 0 Å². The third-order valence-electron chi connectivity index (χ3n) is 5.51. The summed E-state index contributed by atoms with van der Waals surface area (Å²) in [7, 11) is 0. The Morgan fingerprint density at radius 3 is 2.77 bits per heavy atom. The number of nitrogens with one attached hydrogen (secondary N) is 1. The Balaban J connectivity index is 1.71. The molecule has 0 spiro atoms. The first-order valence-corrected chi connectivity index (χ1v) is 9.85. The van der Waals surface area contributed by atoms with E-state index in [9.17, 15) is 0 Å². The van der Waals surface area contributed by atoms with Gasteiger partial charge in [-0.25, -0.2) is 0 Å². The van der Waals surface area contributed by atoms with Gasteiger partial charge in [0.25, 0.3) is 0 Å². The summed E-state index contributed by atoms with van der Waals surface area (Å²) >= 11 is 0. The summed E-state index contributed by atoms with van der Waals surface area (Å²) in [5.74, 6) is 0. The van der Waals surface area contributed by atoms with E-state index in [0.717, 1.165) is 45.4 Å². The molecule has 0 radical (unpaired) electrons. The molecule has 1 aliphatic rings. The molecule has 0 amide bonds. The van der Waals surface area contributed by atoms with Crippen molar-refractivity contribution in [3.63, 3.8) is 0 Å². The molecule has 1 aliphatic heterocycles. The van der Waals surface area contributed by atoms with E-state index in [1.807, 2.05) is 12.3 Å². The van der Waals surface area contributed by atoms with Crippen LogP contribution in [0.1, 0.15) is 48.2 Å². The average molecular weight is 353 g/mol. The molecule has 4 heteroatoms. The van der Waals surface area contributed by atoms with Crippen LogP contribution in [0.15, 0.2) is 42.6 Å². The van der Waals surface area contributed by atoms with Crippen LogP contribution < -0.4 is 11.1 Å². The van der Waals surface area contributed by atoms with Crippen molar-refractivity contribution in [2.24, 2.45) is 5.73 Å². The monoisotopic (exact) mass is 352 g/mol. The molecule has 1 aromatic carbocycles. The summed E-state index contributed by atoms with van der Waals surface area (Å²) in [5.41, 5.74) is 11.1. The molecule has 1 unspecified atom stereocenters. The number of hydrogen-bond donors (Lipinski definition) is 2. The number of nitrogens with zero attached hydrogens (tertiary/aromatic N) is 2. The molecule has 3 N–H and O–H groups in total. The lowest BCUT2D eigenvalue weighted by Gasteiger charge is -2.35. The normalized spacial score (nSPS) is 17.9. The highest BCUT2D eigenvalue weighted by Gasteiger charge is 2.24. The Morgan fingerprint density at radius 1 is 1.19 bits per heavy atom. The lowest BCUT2D eigenvalue weighted by atomic mass is 9.95. The smallest absolute Gasteiger partial charge is 0.0601 e. The summed E-state index contributed by atoms with van der Waals surface area (Å²) < 4.78 is 0. The van der Waals surface area contributed by atoms with Crippen LogP contribution in [0, 0.1) is 6.92 Å². The van der Waals surface area contributed by atoms with Gasteiger partial charge in [0.15, 0.2) is 0 Å². The molecule has 140 valence electrons. The molecule has 2 atom stereocenters. The first-order chi connectivity index (χ1) is 12.7. The van der Waals surface area contributed by atoms with Crippen molar-refractivity contribution in [3.05, 3.63) is 65.0 Å². The van der Waals surface area contributed by atoms with Gasteiger partial charge in [0.05, 0.1) is 5.69 Å². The number of aryl methyl sites for hydroxylation is 1. The number of hydrogen-bond acceptors (Lipinski definition) is 4. The van der Waals surface area contributed by atoms with Crippen LogP contribution >= 0.6 is 0 Å². The van der Waals surface area contributed by atoms with Gasteiger partial charge < -0.3 is 11.1 Å². The number of rotatable bonds is 8. The van der Waals surface area contributed by atoms with E-state index >= 15 is 0 Å². The van der Waals surface area contributed by atoms with E-state index in [1.165, 1.54) is 22.4 Å². The van der Waals surface area contributed by atoms with Gasteiger partial charge in [0, 0.05) is 31.4 Å². The summed E-state index contributed by atoms with van der Waals surface area (Å²) in [6.07, 6.45) is 5.21. The minimum atomic E-state index is 0.313. The third-order valence-corrected chi connectivity index (χ3v) is 5.51. The maximum absolute atomic E-state index is 5.72. The van der Waals surface area contributed by atoms with E-state index in [2.05, 4.69) is 59.4 Å². The van der Waals surface area contributed by atoms with Crippen LogP contribution in [0.5, 0.6) is 0 Å². The van der Waals surface area contributed by atoms with E-state index in [4.69, 9.17) is 5.73 Å². The average Bonchev–Trinajstić information content (AvgIpc) is 2.67. The van der Waals surface area contributed by atoms with Crippen molar-refractivity contribution in [1.82, 2.24) is 15.2 Å². The standard InChI is InChI=1S/C22H32N4/c1-17-8-7-12-24-22(17)18(2)26(13-6-5-11-23)16-21-14-19-9-3-4-10-20(19)15-25-21/h3-4,7-10,12,18,21,25H,5-6,11,13-16,23H2,1-2H3/t18?,21-/m1/s1. The molecule has 2 heterocycles. The van der Waals surface area contributed by atoms with Crippen LogP contribution in [0.4, 0.5) is 0 Å². The number of aromatic nitrogens is 1. The van der Waals surface area contributed by atoms with E-state index in [1.54, 1.807) is 0 Å². The molecule has 2 aromatic rings. The third kappa shape index (κ3) is 4.70. The molecule has 0 saturated carbocycles.